The summed E-state index contributed by atoms with van der Waals surface area (Å²) < 4.78 is 5.34. The van der Waals surface area contributed by atoms with Crippen LogP contribution in [0.25, 0.3) is 6.08 Å². The number of hydrogen-bond donors (Lipinski definition) is 1. The minimum absolute atomic E-state index is 0.0871. The number of carbonyl (C=O) groups excluding carboxylic acids is 1. The fraction of sp³-hybridized carbons (Fsp3) is 0.375. The van der Waals surface area contributed by atoms with Crippen LogP contribution >= 0.6 is 0 Å². The molecule has 0 heterocycles. The fourth-order valence-corrected chi connectivity index (χ4v) is 1.55. The van der Waals surface area contributed by atoms with Crippen LogP contribution in [-0.2, 0) is 4.79 Å². The van der Waals surface area contributed by atoms with Crippen LogP contribution < -0.4 is 10.1 Å². The van der Waals surface area contributed by atoms with Gasteiger partial charge in [-0.2, -0.15) is 5.26 Å². The van der Waals surface area contributed by atoms with Crippen molar-refractivity contribution in [3.63, 3.8) is 0 Å². The van der Waals surface area contributed by atoms with E-state index in [-0.39, 0.29) is 17.0 Å². The molecule has 20 heavy (non-hydrogen) atoms. The molecule has 0 fully saturated rings. The minimum atomic E-state index is -0.369. The number of carbonyl (C=O) groups is 1. The number of amides is 1. The number of nitriles is 1. The zero-order valence-corrected chi connectivity index (χ0v) is 12.4. The van der Waals surface area contributed by atoms with Gasteiger partial charge in [0.15, 0.2) is 0 Å². The summed E-state index contributed by atoms with van der Waals surface area (Å²) in [6.07, 6.45) is 1.57. The van der Waals surface area contributed by atoms with Crippen molar-refractivity contribution in [1.82, 2.24) is 5.32 Å². The molecule has 0 saturated heterocycles. The summed E-state index contributed by atoms with van der Waals surface area (Å²) in [5.41, 5.74) is 0.504. The average Bonchev–Trinajstić information content (AvgIpc) is 2.36. The van der Waals surface area contributed by atoms with Crippen LogP contribution in [0.1, 0.15) is 33.3 Å². The second-order valence-electron chi connectivity index (χ2n) is 5.38. The maximum atomic E-state index is 11.9. The summed E-state index contributed by atoms with van der Waals surface area (Å²) >= 11 is 0. The molecule has 1 N–H and O–H groups in total. The van der Waals surface area contributed by atoms with Crippen LogP contribution in [0.5, 0.6) is 5.75 Å². The van der Waals surface area contributed by atoms with Crippen molar-refractivity contribution >= 4 is 12.0 Å². The standard InChI is InChI=1S/C16H20N2O2/c1-5-20-14-8-6-12(7-9-14)10-13(11-17)15(19)18-16(2,3)4/h6-10H,5H2,1-4H3,(H,18,19)/b13-10+. The lowest BCUT2D eigenvalue weighted by Gasteiger charge is -2.20. The highest BCUT2D eigenvalue weighted by Crippen LogP contribution is 2.15. The van der Waals surface area contributed by atoms with Crippen molar-refractivity contribution in [1.29, 1.82) is 5.26 Å². The first kappa shape index (κ1) is 15.8. The molecule has 0 saturated carbocycles. The average molecular weight is 272 g/mol. The van der Waals surface area contributed by atoms with Crippen LogP contribution in [0.15, 0.2) is 29.8 Å². The first-order valence-electron chi connectivity index (χ1n) is 6.53. The fourth-order valence-electron chi connectivity index (χ4n) is 1.55. The van der Waals surface area contributed by atoms with Gasteiger partial charge in [0.2, 0.25) is 0 Å². The van der Waals surface area contributed by atoms with E-state index in [1.165, 1.54) is 0 Å². The minimum Gasteiger partial charge on any atom is -0.494 e. The van der Waals surface area contributed by atoms with E-state index >= 15 is 0 Å². The highest BCUT2D eigenvalue weighted by atomic mass is 16.5. The van der Waals surface area contributed by atoms with Gasteiger partial charge in [-0.3, -0.25) is 4.79 Å². The van der Waals surface area contributed by atoms with E-state index in [1.807, 2.05) is 58.0 Å². The van der Waals surface area contributed by atoms with E-state index in [1.54, 1.807) is 6.08 Å². The number of benzene rings is 1. The first-order chi connectivity index (χ1) is 9.35. The summed E-state index contributed by atoms with van der Waals surface area (Å²) in [4.78, 5) is 11.9. The predicted octanol–water partition coefficient (Wildman–Crippen LogP) is 2.91. The Hall–Kier alpha value is -2.28. The largest absolute Gasteiger partial charge is 0.494 e. The quantitative estimate of drug-likeness (QED) is 0.677. The summed E-state index contributed by atoms with van der Waals surface area (Å²) in [6.45, 7) is 8.13. The number of ether oxygens (including phenoxy) is 1. The lowest BCUT2D eigenvalue weighted by molar-refractivity contribution is -0.118. The van der Waals surface area contributed by atoms with E-state index in [0.717, 1.165) is 11.3 Å². The molecule has 0 atom stereocenters. The summed E-state index contributed by atoms with van der Waals surface area (Å²) in [5.74, 6) is 0.399. The summed E-state index contributed by atoms with van der Waals surface area (Å²) in [5, 5.41) is 11.9. The van der Waals surface area contributed by atoms with Crippen molar-refractivity contribution in [3.05, 3.63) is 35.4 Å². The van der Waals surface area contributed by atoms with E-state index in [9.17, 15) is 4.79 Å². The van der Waals surface area contributed by atoms with Crippen LogP contribution in [0.4, 0.5) is 0 Å². The molecule has 0 spiro atoms. The predicted molar refractivity (Wildman–Crippen MR) is 79.1 cm³/mol. The molecular formula is C16H20N2O2. The molecule has 4 heteroatoms. The molecule has 4 nitrogen and oxygen atoms in total. The maximum absolute atomic E-state index is 11.9. The van der Waals surface area contributed by atoms with Gasteiger partial charge in [-0.1, -0.05) is 12.1 Å². The molecule has 0 aliphatic heterocycles. The molecule has 1 rings (SSSR count). The van der Waals surface area contributed by atoms with Gasteiger partial charge in [-0.25, -0.2) is 0 Å². The molecular weight excluding hydrogens is 252 g/mol. The van der Waals surface area contributed by atoms with Crippen molar-refractivity contribution in [2.45, 2.75) is 33.2 Å². The van der Waals surface area contributed by atoms with Gasteiger partial charge in [-0.15, -0.1) is 0 Å². The number of hydrogen-bond acceptors (Lipinski definition) is 3. The van der Waals surface area contributed by atoms with E-state index < -0.39 is 0 Å². The second kappa shape index (κ2) is 6.76. The van der Waals surface area contributed by atoms with Gasteiger partial charge in [0.25, 0.3) is 5.91 Å². The molecule has 1 aromatic rings. The van der Waals surface area contributed by atoms with Crippen molar-refractivity contribution in [2.24, 2.45) is 0 Å². The second-order valence-corrected chi connectivity index (χ2v) is 5.38. The van der Waals surface area contributed by atoms with E-state index in [4.69, 9.17) is 10.00 Å². The number of rotatable bonds is 4. The molecule has 0 radical (unpaired) electrons. The number of nitrogens with one attached hydrogen (secondary N) is 1. The molecule has 1 amide bonds. The summed E-state index contributed by atoms with van der Waals surface area (Å²) in [7, 11) is 0. The van der Waals surface area contributed by atoms with Gasteiger partial charge in [-0.05, 0) is 51.5 Å². The summed E-state index contributed by atoms with van der Waals surface area (Å²) in [6, 6.07) is 9.18. The monoisotopic (exact) mass is 272 g/mol. The van der Waals surface area contributed by atoms with Gasteiger partial charge >= 0.3 is 0 Å². The molecule has 0 aromatic heterocycles. The zero-order valence-electron chi connectivity index (χ0n) is 12.4. The lowest BCUT2D eigenvalue weighted by Crippen LogP contribution is -2.41. The van der Waals surface area contributed by atoms with Crippen molar-refractivity contribution in [2.75, 3.05) is 6.61 Å². The Labute approximate surface area is 120 Å². The lowest BCUT2D eigenvalue weighted by atomic mass is 10.1. The van der Waals surface area contributed by atoms with Gasteiger partial charge < -0.3 is 10.1 Å². The normalized spacial score (nSPS) is 11.7. The highest BCUT2D eigenvalue weighted by Gasteiger charge is 2.17. The molecule has 106 valence electrons. The van der Waals surface area contributed by atoms with Crippen molar-refractivity contribution in [3.8, 4) is 11.8 Å². The van der Waals surface area contributed by atoms with Crippen LogP contribution in [0.2, 0.25) is 0 Å². The van der Waals surface area contributed by atoms with Crippen LogP contribution in [0, 0.1) is 11.3 Å². The first-order valence-corrected chi connectivity index (χ1v) is 6.53. The third-order valence-corrected chi connectivity index (χ3v) is 2.36. The maximum Gasteiger partial charge on any atom is 0.262 e. The van der Waals surface area contributed by atoms with Gasteiger partial charge in [0, 0.05) is 5.54 Å². The Bertz CT molecular complexity index is 531. The molecule has 0 bridgehead atoms. The molecule has 0 unspecified atom stereocenters. The Morgan fingerprint density at radius 3 is 2.40 bits per heavy atom. The SMILES string of the molecule is CCOc1ccc(/C=C(\C#N)C(=O)NC(C)(C)C)cc1. The smallest absolute Gasteiger partial charge is 0.262 e. The topological polar surface area (TPSA) is 62.1 Å². The van der Waals surface area contributed by atoms with Crippen molar-refractivity contribution < 1.29 is 9.53 Å². The Kier molecular flexibility index (Phi) is 5.33. The molecule has 0 aliphatic carbocycles. The van der Waals surface area contributed by atoms with Crippen LogP contribution in [0.3, 0.4) is 0 Å². The van der Waals surface area contributed by atoms with Gasteiger partial charge in [0.05, 0.1) is 6.61 Å². The van der Waals surface area contributed by atoms with Crippen LogP contribution in [-0.4, -0.2) is 18.1 Å². The molecule has 0 aliphatic rings. The van der Waals surface area contributed by atoms with E-state index in [0.29, 0.717) is 6.61 Å². The molecule has 1 aromatic carbocycles. The zero-order chi connectivity index (χ0) is 15.2. The Balaban J connectivity index is 2.89. The Morgan fingerprint density at radius 1 is 1.35 bits per heavy atom. The third kappa shape index (κ3) is 5.15. The van der Waals surface area contributed by atoms with E-state index in [2.05, 4.69) is 5.32 Å². The highest BCUT2D eigenvalue weighted by molar-refractivity contribution is 6.02. The third-order valence-electron chi connectivity index (χ3n) is 2.36. The Morgan fingerprint density at radius 2 is 1.95 bits per heavy atom. The van der Waals surface area contributed by atoms with Gasteiger partial charge in [0.1, 0.15) is 17.4 Å². The number of nitrogens with zero attached hydrogens (tertiary/aromatic N) is 1.